The summed E-state index contributed by atoms with van der Waals surface area (Å²) in [4.78, 5) is 14.0. The summed E-state index contributed by atoms with van der Waals surface area (Å²) in [6.07, 6.45) is 0.936. The molecule has 1 aromatic rings. The number of anilines is 1. The fourth-order valence-corrected chi connectivity index (χ4v) is 2.98. The molecular formula is C14H19BrClF2N3O. The van der Waals surface area contributed by atoms with Crippen LogP contribution in [0.25, 0.3) is 0 Å². The molecule has 1 fully saturated rings. The molecule has 124 valence electrons. The number of rotatable bonds is 4. The van der Waals surface area contributed by atoms with E-state index in [1.807, 2.05) is 4.90 Å². The molecular weight excluding hydrogens is 380 g/mol. The van der Waals surface area contributed by atoms with E-state index in [0.717, 1.165) is 31.6 Å². The van der Waals surface area contributed by atoms with Gasteiger partial charge in [0.1, 0.15) is 5.82 Å². The van der Waals surface area contributed by atoms with Crippen molar-refractivity contribution in [2.75, 3.05) is 31.5 Å². The van der Waals surface area contributed by atoms with Crippen molar-refractivity contribution in [3.05, 3.63) is 28.2 Å². The van der Waals surface area contributed by atoms with Crippen LogP contribution in [0.5, 0.6) is 0 Å². The Balaban J connectivity index is 0.00000242. The van der Waals surface area contributed by atoms with Crippen LogP contribution in [-0.2, 0) is 4.79 Å². The van der Waals surface area contributed by atoms with Crippen LogP contribution < -0.4 is 11.1 Å². The zero-order chi connectivity index (χ0) is 15.6. The molecule has 4 nitrogen and oxygen atoms in total. The zero-order valence-electron chi connectivity index (χ0n) is 12.2. The summed E-state index contributed by atoms with van der Waals surface area (Å²) in [6.45, 7) is 4.35. The summed E-state index contributed by atoms with van der Waals surface area (Å²) in [5.74, 6) is -1.83. The molecule has 1 saturated heterocycles. The number of likely N-dealkylation sites (tertiary alicyclic amines) is 1. The topological polar surface area (TPSA) is 58.4 Å². The average molecular weight is 399 g/mol. The molecule has 0 radical (unpaired) electrons. The first-order chi connectivity index (χ1) is 9.83. The highest BCUT2D eigenvalue weighted by atomic mass is 79.9. The summed E-state index contributed by atoms with van der Waals surface area (Å²) in [6, 6.07) is 1.85. The van der Waals surface area contributed by atoms with Crippen LogP contribution in [-0.4, -0.2) is 37.0 Å². The van der Waals surface area contributed by atoms with Gasteiger partial charge in [0.25, 0.3) is 0 Å². The number of nitrogens with zero attached hydrogens (tertiary/aromatic N) is 1. The quantitative estimate of drug-likeness (QED) is 0.820. The van der Waals surface area contributed by atoms with E-state index in [2.05, 4.69) is 28.2 Å². The summed E-state index contributed by atoms with van der Waals surface area (Å²) < 4.78 is 26.8. The van der Waals surface area contributed by atoms with E-state index in [1.165, 1.54) is 0 Å². The summed E-state index contributed by atoms with van der Waals surface area (Å²) in [5.41, 5.74) is 5.71. The molecule has 0 bridgehead atoms. The van der Waals surface area contributed by atoms with Gasteiger partial charge in [0, 0.05) is 17.1 Å². The summed E-state index contributed by atoms with van der Waals surface area (Å²) >= 11 is 3.04. The van der Waals surface area contributed by atoms with E-state index in [1.54, 1.807) is 0 Å². The van der Waals surface area contributed by atoms with E-state index in [9.17, 15) is 13.6 Å². The predicted octanol–water partition coefficient (Wildman–Crippen LogP) is 2.76. The summed E-state index contributed by atoms with van der Waals surface area (Å²) in [7, 11) is 0. The summed E-state index contributed by atoms with van der Waals surface area (Å²) in [5, 5.41) is 2.48. The Morgan fingerprint density at radius 3 is 2.73 bits per heavy atom. The number of hydrogen-bond donors (Lipinski definition) is 2. The highest BCUT2D eigenvalue weighted by Crippen LogP contribution is 2.29. The molecule has 1 atom stereocenters. The Bertz CT molecular complexity index is 538. The third-order valence-electron chi connectivity index (χ3n) is 3.77. The number of carbonyl (C=O) groups excluding carboxylic acids is 1. The van der Waals surface area contributed by atoms with Crippen LogP contribution in [0.1, 0.15) is 13.3 Å². The highest BCUT2D eigenvalue weighted by Gasteiger charge is 2.33. The average Bonchev–Trinajstić information content (AvgIpc) is 2.76. The third kappa shape index (κ3) is 4.62. The fourth-order valence-electron chi connectivity index (χ4n) is 2.47. The van der Waals surface area contributed by atoms with Crippen molar-refractivity contribution in [3.63, 3.8) is 0 Å². The van der Waals surface area contributed by atoms with Gasteiger partial charge in [-0.05, 0) is 46.9 Å². The maximum Gasteiger partial charge on any atom is 0.238 e. The van der Waals surface area contributed by atoms with Crippen molar-refractivity contribution in [2.45, 2.75) is 13.3 Å². The van der Waals surface area contributed by atoms with Crippen molar-refractivity contribution in [1.82, 2.24) is 4.90 Å². The van der Waals surface area contributed by atoms with E-state index in [0.29, 0.717) is 6.54 Å². The number of amides is 1. The van der Waals surface area contributed by atoms with Crippen LogP contribution >= 0.6 is 28.3 Å². The number of benzene rings is 1. The van der Waals surface area contributed by atoms with E-state index < -0.39 is 11.6 Å². The lowest BCUT2D eigenvalue weighted by molar-refractivity contribution is -0.117. The van der Waals surface area contributed by atoms with Crippen molar-refractivity contribution < 1.29 is 13.6 Å². The maximum atomic E-state index is 13.6. The van der Waals surface area contributed by atoms with Gasteiger partial charge in [-0.1, -0.05) is 6.92 Å². The SMILES string of the molecule is CC1(CN)CCN(CC(=O)Nc2c(F)cc(F)cc2Br)C1.Cl. The first-order valence-corrected chi connectivity index (χ1v) is 7.49. The molecule has 0 saturated carbocycles. The molecule has 0 aliphatic carbocycles. The number of hydrogen-bond acceptors (Lipinski definition) is 3. The van der Waals surface area contributed by atoms with Gasteiger partial charge in [-0.2, -0.15) is 0 Å². The van der Waals surface area contributed by atoms with E-state index in [-0.39, 0.29) is 40.4 Å². The lowest BCUT2D eigenvalue weighted by Crippen LogP contribution is -2.35. The van der Waals surface area contributed by atoms with Crippen molar-refractivity contribution >= 4 is 39.9 Å². The minimum absolute atomic E-state index is 0. The second kappa shape index (κ2) is 7.68. The van der Waals surface area contributed by atoms with Gasteiger partial charge in [0.05, 0.1) is 12.2 Å². The number of halogens is 4. The molecule has 1 aromatic carbocycles. The van der Waals surface area contributed by atoms with Gasteiger partial charge < -0.3 is 11.1 Å². The lowest BCUT2D eigenvalue weighted by Gasteiger charge is -2.22. The van der Waals surface area contributed by atoms with Gasteiger partial charge >= 0.3 is 0 Å². The molecule has 0 spiro atoms. The Morgan fingerprint density at radius 1 is 1.50 bits per heavy atom. The molecule has 1 heterocycles. The molecule has 1 aliphatic heterocycles. The second-order valence-corrected chi connectivity index (χ2v) is 6.62. The van der Waals surface area contributed by atoms with Crippen molar-refractivity contribution in [3.8, 4) is 0 Å². The molecule has 8 heteroatoms. The van der Waals surface area contributed by atoms with Gasteiger partial charge in [0.2, 0.25) is 5.91 Å². The van der Waals surface area contributed by atoms with Gasteiger partial charge in [-0.25, -0.2) is 8.78 Å². The lowest BCUT2D eigenvalue weighted by atomic mass is 9.90. The van der Waals surface area contributed by atoms with Crippen molar-refractivity contribution in [1.29, 1.82) is 0 Å². The third-order valence-corrected chi connectivity index (χ3v) is 4.39. The Labute approximate surface area is 143 Å². The Hall–Kier alpha value is -0.760. The Morgan fingerprint density at radius 2 is 2.18 bits per heavy atom. The second-order valence-electron chi connectivity index (χ2n) is 5.77. The van der Waals surface area contributed by atoms with Crippen LogP contribution in [0.4, 0.5) is 14.5 Å². The monoisotopic (exact) mass is 397 g/mol. The van der Waals surface area contributed by atoms with Gasteiger partial charge in [-0.15, -0.1) is 12.4 Å². The molecule has 22 heavy (non-hydrogen) atoms. The van der Waals surface area contributed by atoms with Crippen molar-refractivity contribution in [2.24, 2.45) is 11.1 Å². The molecule has 1 unspecified atom stereocenters. The van der Waals surface area contributed by atoms with Crippen LogP contribution in [0.2, 0.25) is 0 Å². The first-order valence-electron chi connectivity index (χ1n) is 6.70. The largest absolute Gasteiger partial charge is 0.330 e. The van der Waals surface area contributed by atoms with E-state index >= 15 is 0 Å². The zero-order valence-corrected chi connectivity index (χ0v) is 14.6. The minimum atomic E-state index is -0.802. The first kappa shape index (κ1) is 19.3. The molecule has 1 aliphatic rings. The van der Waals surface area contributed by atoms with Crippen LogP contribution in [0.15, 0.2) is 16.6 Å². The molecule has 0 aromatic heterocycles. The number of nitrogens with two attached hydrogens (primary N) is 1. The number of nitrogens with one attached hydrogen (secondary N) is 1. The standard InChI is InChI=1S/C14H18BrF2N3O.ClH/c1-14(7-18)2-3-20(8-14)6-12(21)19-13-10(15)4-9(16)5-11(13)17;/h4-5H,2-3,6-8,18H2,1H3,(H,19,21);1H. The maximum absolute atomic E-state index is 13.6. The van der Waals surface area contributed by atoms with Crippen LogP contribution in [0.3, 0.4) is 0 Å². The highest BCUT2D eigenvalue weighted by molar-refractivity contribution is 9.10. The molecule has 2 rings (SSSR count). The number of carbonyl (C=O) groups is 1. The fraction of sp³-hybridized carbons (Fsp3) is 0.500. The minimum Gasteiger partial charge on any atom is -0.330 e. The van der Waals surface area contributed by atoms with Crippen LogP contribution in [0, 0.1) is 17.0 Å². The Kier molecular flexibility index (Phi) is 6.73. The predicted molar refractivity (Wildman–Crippen MR) is 88.2 cm³/mol. The van der Waals surface area contributed by atoms with Gasteiger partial charge in [0.15, 0.2) is 5.82 Å². The normalized spacial score (nSPS) is 21.5. The van der Waals surface area contributed by atoms with E-state index in [4.69, 9.17) is 5.73 Å². The smallest absolute Gasteiger partial charge is 0.238 e. The van der Waals surface area contributed by atoms with Gasteiger partial charge in [-0.3, -0.25) is 9.69 Å². The molecule has 1 amide bonds. The molecule has 3 N–H and O–H groups in total.